The number of rotatable bonds is 3. The zero-order valence-corrected chi connectivity index (χ0v) is 15.2. The van der Waals surface area contributed by atoms with Crippen molar-refractivity contribution in [1.82, 2.24) is 9.78 Å². The zero-order chi connectivity index (χ0) is 17.4. The average Bonchev–Trinajstić information content (AvgIpc) is 3.18. The predicted molar refractivity (Wildman–Crippen MR) is 103 cm³/mol. The van der Waals surface area contributed by atoms with Gasteiger partial charge >= 0.3 is 0 Å². The van der Waals surface area contributed by atoms with E-state index in [4.69, 9.17) is 16.7 Å². The minimum atomic E-state index is -0.126. The van der Waals surface area contributed by atoms with E-state index in [0.29, 0.717) is 10.6 Å². The quantitative estimate of drug-likeness (QED) is 0.719. The first-order chi connectivity index (χ1) is 12.1. The Bertz CT molecular complexity index is 950. The molecule has 1 aliphatic heterocycles. The van der Waals surface area contributed by atoms with E-state index in [0.717, 1.165) is 39.8 Å². The number of aromatic nitrogens is 2. The fourth-order valence-corrected chi connectivity index (χ4v) is 4.04. The maximum absolute atomic E-state index is 12.7. The molecule has 1 N–H and O–H groups in total. The number of fused-ring (bicyclic) bond motifs is 1. The van der Waals surface area contributed by atoms with Crippen LogP contribution in [-0.4, -0.2) is 15.7 Å². The Labute approximate surface area is 155 Å². The topological polar surface area (TPSA) is 46.9 Å². The largest absolute Gasteiger partial charge is 0.306 e. The molecule has 0 bridgehead atoms. The molecule has 25 heavy (non-hydrogen) atoms. The third-order valence-corrected chi connectivity index (χ3v) is 5.36. The molecule has 0 spiro atoms. The zero-order valence-electron chi connectivity index (χ0n) is 13.6. The molecule has 0 fully saturated rings. The molecule has 0 saturated carbocycles. The number of nitrogens with one attached hydrogen (secondary N) is 1. The summed E-state index contributed by atoms with van der Waals surface area (Å²) < 4.78 is 1.80. The second kappa shape index (κ2) is 6.58. The molecule has 1 amide bonds. The minimum Gasteiger partial charge on any atom is -0.306 e. The van der Waals surface area contributed by atoms with E-state index in [9.17, 15) is 4.79 Å². The number of carbonyl (C=O) groups is 1. The normalized spacial score (nSPS) is 12.9. The van der Waals surface area contributed by atoms with Gasteiger partial charge in [0.25, 0.3) is 5.91 Å². The van der Waals surface area contributed by atoms with Gasteiger partial charge in [-0.2, -0.15) is 16.9 Å². The number of aryl methyl sites for hydroxylation is 1. The van der Waals surface area contributed by atoms with Crippen molar-refractivity contribution in [3.05, 3.63) is 75.9 Å². The molecule has 4 nitrogen and oxygen atoms in total. The fourth-order valence-electron chi connectivity index (χ4n) is 2.88. The first-order valence-corrected chi connectivity index (χ1v) is 9.47. The van der Waals surface area contributed by atoms with Crippen LogP contribution in [0.3, 0.4) is 0 Å². The predicted octanol–water partition coefficient (Wildman–Crippen LogP) is 4.83. The summed E-state index contributed by atoms with van der Waals surface area (Å²) in [6, 6.07) is 15.0. The van der Waals surface area contributed by atoms with Crippen molar-refractivity contribution in [3.8, 4) is 5.69 Å². The molecular formula is C19H16ClN3OS. The third kappa shape index (κ3) is 3.17. The van der Waals surface area contributed by atoms with Crippen LogP contribution in [0.15, 0.2) is 48.5 Å². The molecule has 0 aliphatic carbocycles. The van der Waals surface area contributed by atoms with E-state index in [1.54, 1.807) is 4.68 Å². The highest BCUT2D eigenvalue weighted by Crippen LogP contribution is 2.36. The summed E-state index contributed by atoms with van der Waals surface area (Å²) in [5.41, 5.74) is 4.70. The van der Waals surface area contributed by atoms with Gasteiger partial charge in [-0.25, -0.2) is 4.68 Å². The van der Waals surface area contributed by atoms with Crippen molar-refractivity contribution in [3.63, 3.8) is 0 Å². The van der Waals surface area contributed by atoms with Crippen molar-refractivity contribution in [2.45, 2.75) is 18.4 Å². The van der Waals surface area contributed by atoms with Gasteiger partial charge in [0.1, 0.15) is 5.82 Å². The Hall–Kier alpha value is -2.24. The summed E-state index contributed by atoms with van der Waals surface area (Å²) >= 11 is 7.80. The van der Waals surface area contributed by atoms with E-state index < -0.39 is 0 Å². The molecule has 4 rings (SSSR count). The van der Waals surface area contributed by atoms with Gasteiger partial charge in [0.15, 0.2) is 0 Å². The first-order valence-electron chi connectivity index (χ1n) is 7.94. The second-order valence-electron chi connectivity index (χ2n) is 5.98. The van der Waals surface area contributed by atoms with Crippen LogP contribution in [0.2, 0.25) is 5.02 Å². The van der Waals surface area contributed by atoms with Gasteiger partial charge in [-0.3, -0.25) is 4.79 Å². The van der Waals surface area contributed by atoms with Crippen LogP contribution >= 0.6 is 23.4 Å². The number of amides is 1. The number of nitrogens with zero attached hydrogens (tertiary/aromatic N) is 2. The molecule has 0 saturated heterocycles. The fraction of sp³-hybridized carbons (Fsp3) is 0.158. The number of carbonyl (C=O) groups excluding carboxylic acids is 1. The van der Waals surface area contributed by atoms with E-state index in [-0.39, 0.29) is 5.91 Å². The Balaban J connectivity index is 1.73. The Kier molecular flexibility index (Phi) is 4.27. The van der Waals surface area contributed by atoms with Crippen LogP contribution in [0, 0.1) is 6.92 Å². The summed E-state index contributed by atoms with van der Waals surface area (Å²) in [6.07, 6.45) is 0. The molecular weight excluding hydrogens is 354 g/mol. The smallest absolute Gasteiger partial charge is 0.256 e. The van der Waals surface area contributed by atoms with Crippen LogP contribution in [0.25, 0.3) is 5.69 Å². The Morgan fingerprint density at radius 2 is 2.00 bits per heavy atom. The monoisotopic (exact) mass is 369 g/mol. The maximum Gasteiger partial charge on any atom is 0.256 e. The van der Waals surface area contributed by atoms with Gasteiger partial charge < -0.3 is 5.32 Å². The van der Waals surface area contributed by atoms with E-state index in [1.165, 1.54) is 0 Å². The molecule has 0 unspecified atom stereocenters. The standard InChI is InChI=1S/C19H16ClN3OS/c1-12-3-2-4-13(9-12)19(24)21-18-16-10-25-11-17(16)22-23(18)15-7-5-14(20)6-8-15/h2-9H,10-11H2,1H3,(H,21,24). The number of benzene rings is 2. The number of hydrogen-bond donors (Lipinski definition) is 1. The third-order valence-electron chi connectivity index (χ3n) is 4.14. The molecule has 126 valence electrons. The van der Waals surface area contributed by atoms with Gasteiger partial charge in [-0.05, 0) is 43.3 Å². The Morgan fingerprint density at radius 1 is 1.20 bits per heavy atom. The highest BCUT2D eigenvalue weighted by atomic mass is 35.5. The molecule has 0 radical (unpaired) electrons. The van der Waals surface area contributed by atoms with Crippen molar-refractivity contribution < 1.29 is 4.79 Å². The summed E-state index contributed by atoms with van der Waals surface area (Å²) in [5.74, 6) is 2.34. The van der Waals surface area contributed by atoms with Crippen molar-refractivity contribution >= 4 is 35.1 Å². The van der Waals surface area contributed by atoms with Crippen molar-refractivity contribution in [1.29, 1.82) is 0 Å². The van der Waals surface area contributed by atoms with Gasteiger partial charge in [0.2, 0.25) is 0 Å². The summed E-state index contributed by atoms with van der Waals surface area (Å²) in [5, 5.41) is 8.43. The molecule has 2 aromatic carbocycles. The number of hydrogen-bond acceptors (Lipinski definition) is 3. The van der Waals surface area contributed by atoms with E-state index >= 15 is 0 Å². The lowest BCUT2D eigenvalue weighted by molar-refractivity contribution is 0.102. The molecule has 0 atom stereocenters. The summed E-state index contributed by atoms with van der Waals surface area (Å²) in [6.45, 7) is 1.98. The lowest BCUT2D eigenvalue weighted by atomic mass is 10.1. The van der Waals surface area contributed by atoms with Crippen LogP contribution < -0.4 is 5.32 Å². The lowest BCUT2D eigenvalue weighted by Crippen LogP contribution is -2.16. The van der Waals surface area contributed by atoms with Crippen LogP contribution in [0.1, 0.15) is 27.2 Å². The van der Waals surface area contributed by atoms with Crippen LogP contribution in [-0.2, 0) is 11.5 Å². The van der Waals surface area contributed by atoms with Gasteiger partial charge in [0.05, 0.1) is 11.4 Å². The number of thioether (sulfide) groups is 1. The SMILES string of the molecule is Cc1cccc(C(=O)Nc2c3c(nn2-c2ccc(Cl)cc2)CSC3)c1. The number of halogens is 1. The maximum atomic E-state index is 12.7. The molecule has 6 heteroatoms. The molecule has 1 aliphatic rings. The van der Waals surface area contributed by atoms with Crippen molar-refractivity contribution in [2.75, 3.05) is 5.32 Å². The first kappa shape index (κ1) is 16.2. The van der Waals surface area contributed by atoms with E-state index in [2.05, 4.69) is 5.32 Å². The lowest BCUT2D eigenvalue weighted by Gasteiger charge is -2.11. The molecule has 1 aromatic heterocycles. The summed E-state index contributed by atoms with van der Waals surface area (Å²) in [4.78, 5) is 12.7. The highest BCUT2D eigenvalue weighted by Gasteiger charge is 2.25. The van der Waals surface area contributed by atoms with Gasteiger partial charge in [-0.15, -0.1) is 0 Å². The van der Waals surface area contributed by atoms with Gasteiger partial charge in [0, 0.05) is 27.7 Å². The van der Waals surface area contributed by atoms with Gasteiger partial charge in [-0.1, -0.05) is 29.3 Å². The minimum absolute atomic E-state index is 0.126. The van der Waals surface area contributed by atoms with Crippen molar-refractivity contribution in [2.24, 2.45) is 0 Å². The Morgan fingerprint density at radius 3 is 2.76 bits per heavy atom. The van der Waals surface area contributed by atoms with E-state index in [1.807, 2.05) is 67.2 Å². The van der Waals surface area contributed by atoms with Crippen LogP contribution in [0.5, 0.6) is 0 Å². The molecule has 3 aromatic rings. The molecule has 2 heterocycles. The van der Waals surface area contributed by atoms with Crippen LogP contribution in [0.4, 0.5) is 5.82 Å². The second-order valence-corrected chi connectivity index (χ2v) is 7.40. The summed E-state index contributed by atoms with van der Waals surface area (Å²) in [7, 11) is 0. The number of anilines is 1. The highest BCUT2D eigenvalue weighted by molar-refractivity contribution is 7.98. The average molecular weight is 370 g/mol.